The second-order valence-corrected chi connectivity index (χ2v) is 16.2. The van der Waals surface area contributed by atoms with Gasteiger partial charge in [0.2, 0.25) is 0 Å². The van der Waals surface area contributed by atoms with Crippen molar-refractivity contribution in [3.8, 4) is 18.6 Å². The van der Waals surface area contributed by atoms with Gasteiger partial charge in [0.15, 0.2) is 0 Å². The van der Waals surface area contributed by atoms with Crippen molar-refractivity contribution < 1.29 is 13.2 Å². The topological polar surface area (TPSA) is 0 Å². The summed E-state index contributed by atoms with van der Waals surface area (Å²) < 4.78 is 51.8. The molecule has 0 aliphatic heterocycles. The summed E-state index contributed by atoms with van der Waals surface area (Å²) in [5.74, 6) is -0.720. The van der Waals surface area contributed by atoms with Crippen LogP contribution in [0, 0.1) is 17.5 Å². The third-order valence-electron chi connectivity index (χ3n) is 6.13. The van der Waals surface area contributed by atoms with E-state index >= 15 is 4.39 Å². The summed E-state index contributed by atoms with van der Waals surface area (Å²) in [6, 6.07) is 13.6. The Bertz CT molecular complexity index is 2110. The van der Waals surface area contributed by atoms with Crippen molar-refractivity contribution in [2.75, 3.05) is 0 Å². The SMILES string of the molecule is Fc1cc[se]c1-c1cc2cc3c(cc2s1)sc1c2cc4c(F)c(-c5[se]ccc5F)sc4cc2sc31. The Morgan fingerprint density at radius 2 is 1.20 bits per heavy atom. The molecule has 0 aliphatic rings. The summed E-state index contributed by atoms with van der Waals surface area (Å²) in [7, 11) is 0. The van der Waals surface area contributed by atoms with Crippen molar-refractivity contribution in [2.45, 2.75) is 0 Å². The van der Waals surface area contributed by atoms with Gasteiger partial charge in [-0.25, -0.2) is 0 Å². The zero-order valence-corrected chi connectivity index (χ0v) is 24.0. The molecule has 0 saturated heterocycles. The third kappa shape index (κ3) is 3.08. The molecule has 0 amide bonds. The second kappa shape index (κ2) is 7.67. The van der Waals surface area contributed by atoms with Gasteiger partial charge in [-0.05, 0) is 0 Å². The van der Waals surface area contributed by atoms with Crippen LogP contribution in [0.2, 0.25) is 0 Å². The van der Waals surface area contributed by atoms with Crippen LogP contribution in [0.25, 0.3) is 68.4 Å². The predicted octanol–water partition coefficient (Wildman–Crippen LogP) is 9.56. The fourth-order valence-corrected chi connectivity index (χ4v) is 13.4. The summed E-state index contributed by atoms with van der Waals surface area (Å²) in [6.45, 7) is 0. The van der Waals surface area contributed by atoms with Crippen LogP contribution >= 0.6 is 45.3 Å². The molecule has 0 saturated carbocycles. The number of hydrogen-bond donors (Lipinski definition) is 0. The third-order valence-corrected chi connectivity index (χ3v) is 15.3. The Morgan fingerprint density at radius 3 is 1.89 bits per heavy atom. The maximum absolute atomic E-state index is 15.4. The molecule has 0 fully saturated rings. The normalized spacial score (nSPS) is 12.4. The molecular weight excluding hydrogens is 655 g/mol. The first-order valence-electron chi connectivity index (χ1n) is 10.5. The number of thiophene rings is 4. The van der Waals surface area contributed by atoms with Gasteiger partial charge in [0.05, 0.1) is 0 Å². The van der Waals surface area contributed by atoms with Crippen LogP contribution in [-0.4, -0.2) is 29.0 Å². The van der Waals surface area contributed by atoms with Gasteiger partial charge < -0.3 is 0 Å². The average molecular weight is 665 g/mol. The molecule has 6 heterocycles. The number of fused-ring (bicyclic) bond motifs is 7. The fraction of sp³-hybridized carbons (Fsp3) is 0. The monoisotopic (exact) mass is 666 g/mol. The summed E-state index contributed by atoms with van der Waals surface area (Å²) >= 11 is 6.35. The van der Waals surface area contributed by atoms with Crippen LogP contribution in [0.4, 0.5) is 13.2 Å². The molecule has 6 aromatic heterocycles. The molecule has 0 nitrogen and oxygen atoms in total. The predicted molar refractivity (Wildman–Crippen MR) is 150 cm³/mol. The summed E-state index contributed by atoms with van der Waals surface area (Å²) in [6.07, 6.45) is 0. The molecule has 0 bridgehead atoms. The van der Waals surface area contributed by atoms with Gasteiger partial charge in [-0.3, -0.25) is 0 Å². The standard InChI is InChI=1S/C26H9F3S4Se2/c27-14-1-3-34-25(14)20-6-10-5-12-18(8-16(10)30-20)31-23-13-7-11-17(9-19(13)32-22(12)23)33-24(21(11)29)26-15(28)2-4-35-26/h1-9H. The minimum absolute atomic E-state index is 0.0562. The Labute approximate surface area is 224 Å². The van der Waals surface area contributed by atoms with Gasteiger partial charge in [0.1, 0.15) is 0 Å². The summed E-state index contributed by atoms with van der Waals surface area (Å²) in [5.41, 5.74) is 0. The quantitative estimate of drug-likeness (QED) is 0.162. The first kappa shape index (κ1) is 21.4. The molecule has 0 aliphatic carbocycles. The van der Waals surface area contributed by atoms with Crippen molar-refractivity contribution in [1.29, 1.82) is 0 Å². The fourth-order valence-electron chi connectivity index (χ4n) is 4.54. The van der Waals surface area contributed by atoms with E-state index in [4.69, 9.17) is 0 Å². The zero-order valence-electron chi connectivity index (χ0n) is 17.3. The summed E-state index contributed by atoms with van der Waals surface area (Å²) in [5, 5.41) is 3.97. The van der Waals surface area contributed by atoms with E-state index < -0.39 is 0 Å². The van der Waals surface area contributed by atoms with Crippen molar-refractivity contribution in [2.24, 2.45) is 0 Å². The molecule has 170 valence electrons. The Balaban J connectivity index is 1.35. The van der Waals surface area contributed by atoms with Crippen LogP contribution in [0.1, 0.15) is 0 Å². The van der Waals surface area contributed by atoms with Crippen LogP contribution < -0.4 is 0 Å². The van der Waals surface area contributed by atoms with Gasteiger partial charge in [-0.15, -0.1) is 0 Å². The van der Waals surface area contributed by atoms with E-state index in [2.05, 4.69) is 24.3 Å². The van der Waals surface area contributed by atoms with Gasteiger partial charge in [-0.2, -0.15) is 0 Å². The van der Waals surface area contributed by atoms with Gasteiger partial charge >= 0.3 is 226 Å². The Kier molecular flexibility index (Phi) is 4.69. The van der Waals surface area contributed by atoms with E-state index in [-0.39, 0.29) is 46.5 Å². The van der Waals surface area contributed by atoms with E-state index in [1.54, 1.807) is 45.0 Å². The molecule has 8 rings (SSSR count). The zero-order chi connectivity index (χ0) is 23.4. The number of rotatable bonds is 2. The van der Waals surface area contributed by atoms with Gasteiger partial charge in [0, 0.05) is 0 Å². The molecule has 35 heavy (non-hydrogen) atoms. The van der Waals surface area contributed by atoms with E-state index in [0.29, 0.717) is 14.7 Å². The molecule has 0 unspecified atom stereocenters. The summed E-state index contributed by atoms with van der Waals surface area (Å²) in [4.78, 5) is 5.18. The van der Waals surface area contributed by atoms with E-state index in [1.807, 2.05) is 11.0 Å². The van der Waals surface area contributed by atoms with Crippen LogP contribution in [0.3, 0.4) is 0 Å². The molecule has 8 aromatic rings. The Morgan fingerprint density at radius 1 is 0.571 bits per heavy atom. The van der Waals surface area contributed by atoms with E-state index in [9.17, 15) is 8.78 Å². The maximum atomic E-state index is 15.4. The first-order valence-corrected chi connectivity index (χ1v) is 17.4. The van der Waals surface area contributed by atoms with Crippen molar-refractivity contribution in [1.82, 2.24) is 0 Å². The Hall–Kier alpha value is -1.67. The van der Waals surface area contributed by atoms with E-state index in [1.165, 1.54) is 36.9 Å². The van der Waals surface area contributed by atoms with Crippen LogP contribution in [0.15, 0.2) is 52.3 Å². The van der Waals surface area contributed by atoms with Gasteiger partial charge in [-0.1, -0.05) is 0 Å². The minimum atomic E-state index is -0.309. The molecule has 0 atom stereocenters. The van der Waals surface area contributed by atoms with Crippen molar-refractivity contribution in [3.05, 3.63) is 69.8 Å². The molecule has 0 N–H and O–H groups in total. The van der Waals surface area contributed by atoms with Crippen molar-refractivity contribution in [3.63, 3.8) is 0 Å². The molecular formula is C26H9F3S4Se2. The molecule has 2 aromatic carbocycles. The number of halogens is 3. The number of benzene rings is 2. The molecule has 0 radical (unpaired) electrons. The first-order chi connectivity index (χ1) is 17.0. The second-order valence-electron chi connectivity index (χ2n) is 8.14. The van der Waals surface area contributed by atoms with Crippen LogP contribution in [-0.2, 0) is 0 Å². The molecule has 0 spiro atoms. The molecule has 9 heteroatoms. The van der Waals surface area contributed by atoms with E-state index in [0.717, 1.165) is 34.2 Å². The van der Waals surface area contributed by atoms with Crippen molar-refractivity contribution >= 4 is 124 Å². The van der Waals surface area contributed by atoms with Crippen LogP contribution in [0.5, 0.6) is 0 Å². The van der Waals surface area contributed by atoms with Gasteiger partial charge in [0.25, 0.3) is 0 Å². The average Bonchev–Trinajstić information content (AvgIpc) is 3.66. The number of hydrogen-bond acceptors (Lipinski definition) is 4.